The maximum Gasteiger partial charge on any atom is 0.236 e. The van der Waals surface area contributed by atoms with Crippen LogP contribution in [0.3, 0.4) is 0 Å². The summed E-state index contributed by atoms with van der Waals surface area (Å²) in [5.74, 6) is 1.19. The van der Waals surface area contributed by atoms with Crippen LogP contribution in [0.1, 0.15) is 35.4 Å². The minimum atomic E-state index is -0.143. The fourth-order valence-electron chi connectivity index (χ4n) is 3.61. The smallest absolute Gasteiger partial charge is 0.236 e. The summed E-state index contributed by atoms with van der Waals surface area (Å²) in [6.07, 6.45) is 1.77. The predicted molar refractivity (Wildman–Crippen MR) is 117 cm³/mol. The number of hydrogen-bond acceptors (Lipinski definition) is 6. The van der Waals surface area contributed by atoms with Crippen molar-refractivity contribution in [2.24, 2.45) is 0 Å². The van der Waals surface area contributed by atoms with Crippen LogP contribution >= 0.6 is 11.3 Å². The normalized spacial score (nSPS) is 15.4. The van der Waals surface area contributed by atoms with E-state index in [1.807, 2.05) is 24.4 Å². The number of nitrogens with one attached hydrogen (secondary N) is 1. The zero-order chi connectivity index (χ0) is 20.9. The molecule has 1 aliphatic rings. The van der Waals surface area contributed by atoms with E-state index in [1.54, 1.807) is 11.3 Å². The van der Waals surface area contributed by atoms with Crippen LogP contribution < -0.4 is 5.32 Å². The number of nitrogens with zero attached hydrogens (tertiary/aromatic N) is 2. The number of likely N-dealkylation sites (tertiary alicyclic amines) is 1. The summed E-state index contributed by atoms with van der Waals surface area (Å²) < 4.78 is 5.71. The van der Waals surface area contributed by atoms with E-state index in [9.17, 15) is 9.90 Å². The van der Waals surface area contributed by atoms with Crippen molar-refractivity contribution in [3.63, 3.8) is 0 Å². The van der Waals surface area contributed by atoms with Crippen molar-refractivity contribution in [2.45, 2.75) is 45.4 Å². The molecule has 3 heterocycles. The van der Waals surface area contributed by atoms with Gasteiger partial charge in [0.15, 0.2) is 0 Å². The van der Waals surface area contributed by atoms with Crippen molar-refractivity contribution >= 4 is 17.2 Å². The van der Waals surface area contributed by atoms with E-state index in [-0.39, 0.29) is 18.4 Å². The third-order valence-electron chi connectivity index (χ3n) is 5.43. The molecule has 4 rings (SSSR count). The molecular formula is C23H27N3O3S. The number of thiophene rings is 1. The first-order valence-corrected chi connectivity index (χ1v) is 11.2. The minimum absolute atomic E-state index is 0.0694. The highest BCUT2D eigenvalue weighted by molar-refractivity contribution is 7.13. The highest BCUT2D eigenvalue weighted by Gasteiger charge is 2.17. The molecule has 0 radical (unpaired) electrons. The third kappa shape index (κ3) is 5.36. The van der Waals surface area contributed by atoms with Gasteiger partial charge in [-0.15, -0.1) is 11.3 Å². The second-order valence-electron chi connectivity index (χ2n) is 7.78. The van der Waals surface area contributed by atoms with Crippen molar-refractivity contribution < 1.29 is 14.3 Å². The zero-order valence-corrected chi connectivity index (χ0v) is 18.0. The number of carbonyl (C=O) groups excluding carboxylic acids is 1. The maximum atomic E-state index is 12.4. The van der Waals surface area contributed by atoms with Gasteiger partial charge in [-0.3, -0.25) is 9.69 Å². The molecule has 1 amide bonds. The second kappa shape index (κ2) is 9.55. The Morgan fingerprint density at radius 1 is 1.23 bits per heavy atom. The molecule has 6 nitrogen and oxygen atoms in total. The average Bonchev–Trinajstić information content (AvgIpc) is 3.40. The number of carbonyl (C=O) groups is 1. The number of aliphatic hydroxyl groups is 1. The quantitative estimate of drug-likeness (QED) is 0.606. The monoisotopic (exact) mass is 425 g/mol. The molecule has 1 fully saturated rings. The highest BCUT2D eigenvalue weighted by Crippen LogP contribution is 2.26. The summed E-state index contributed by atoms with van der Waals surface area (Å²) in [4.78, 5) is 20.2. The Morgan fingerprint density at radius 3 is 2.67 bits per heavy atom. The largest absolute Gasteiger partial charge is 0.440 e. The number of hydrogen-bond donors (Lipinski definition) is 2. The molecule has 0 atom stereocenters. The number of oxazole rings is 1. The Hall–Kier alpha value is -2.48. The summed E-state index contributed by atoms with van der Waals surface area (Å²) in [5.41, 5.74) is 3.00. The lowest BCUT2D eigenvalue weighted by molar-refractivity contribution is -0.120. The number of aliphatic hydroxyl groups excluding tert-OH is 1. The van der Waals surface area contributed by atoms with Gasteiger partial charge in [0.2, 0.25) is 11.8 Å². The average molecular weight is 426 g/mol. The van der Waals surface area contributed by atoms with Crippen LogP contribution in [0.15, 0.2) is 46.2 Å². The molecule has 0 bridgehead atoms. The third-order valence-corrected chi connectivity index (χ3v) is 6.29. The molecule has 158 valence electrons. The Labute approximate surface area is 180 Å². The van der Waals surface area contributed by atoms with Gasteiger partial charge in [-0.05, 0) is 42.3 Å². The number of aryl methyl sites for hydroxylation is 1. The summed E-state index contributed by atoms with van der Waals surface area (Å²) in [5, 5.41) is 14.6. The van der Waals surface area contributed by atoms with Gasteiger partial charge in [0.25, 0.3) is 0 Å². The number of amides is 1. The van der Waals surface area contributed by atoms with Crippen molar-refractivity contribution in [2.75, 3.05) is 13.1 Å². The Kier molecular flexibility index (Phi) is 6.62. The molecular weight excluding hydrogens is 398 g/mol. The molecule has 2 aromatic heterocycles. The van der Waals surface area contributed by atoms with Crippen LogP contribution in [-0.4, -0.2) is 40.1 Å². The first-order valence-electron chi connectivity index (χ1n) is 10.3. The first kappa shape index (κ1) is 20.8. The van der Waals surface area contributed by atoms with Crippen molar-refractivity contribution in [3.05, 3.63) is 64.4 Å². The van der Waals surface area contributed by atoms with Gasteiger partial charge in [0.05, 0.1) is 23.1 Å². The minimum Gasteiger partial charge on any atom is -0.440 e. The molecule has 1 saturated heterocycles. The highest BCUT2D eigenvalue weighted by atomic mass is 32.1. The summed E-state index contributed by atoms with van der Waals surface area (Å²) in [6, 6.07) is 12.3. The van der Waals surface area contributed by atoms with Crippen LogP contribution in [0, 0.1) is 6.92 Å². The Morgan fingerprint density at radius 2 is 1.97 bits per heavy atom. The molecule has 0 aliphatic carbocycles. The Bertz CT molecular complexity index is 958. The lowest BCUT2D eigenvalue weighted by Crippen LogP contribution is -2.35. The van der Waals surface area contributed by atoms with E-state index in [4.69, 9.17) is 4.42 Å². The van der Waals surface area contributed by atoms with E-state index in [2.05, 4.69) is 39.5 Å². The van der Waals surface area contributed by atoms with Gasteiger partial charge < -0.3 is 14.8 Å². The maximum absolute atomic E-state index is 12.4. The SMILES string of the molecule is Cc1oc(-c2cccs2)nc1CC(=O)NCc1ccc(CN2CCC(O)CC2)cc1. The lowest BCUT2D eigenvalue weighted by atomic mass is 10.1. The first-order chi connectivity index (χ1) is 14.6. The van der Waals surface area contributed by atoms with Crippen LogP contribution in [-0.2, 0) is 24.3 Å². The predicted octanol–water partition coefficient (Wildman–Crippen LogP) is 3.53. The molecule has 0 spiro atoms. The zero-order valence-electron chi connectivity index (χ0n) is 17.1. The van der Waals surface area contributed by atoms with E-state index >= 15 is 0 Å². The van der Waals surface area contributed by atoms with Gasteiger partial charge in [-0.2, -0.15) is 0 Å². The molecule has 7 heteroatoms. The standard InChI is InChI=1S/C23H27N3O3S/c1-16-20(25-23(29-16)21-3-2-12-30-21)13-22(28)24-14-17-4-6-18(7-5-17)15-26-10-8-19(27)9-11-26/h2-7,12,19,27H,8-11,13-15H2,1H3,(H,24,28). The summed E-state index contributed by atoms with van der Waals surface area (Å²) >= 11 is 1.57. The number of aromatic nitrogens is 1. The molecule has 0 unspecified atom stereocenters. The molecule has 3 aromatic rings. The lowest BCUT2D eigenvalue weighted by Gasteiger charge is -2.29. The molecule has 2 N–H and O–H groups in total. The van der Waals surface area contributed by atoms with E-state index in [0.717, 1.165) is 42.9 Å². The Balaban J connectivity index is 1.26. The van der Waals surface area contributed by atoms with Crippen LogP contribution in [0.25, 0.3) is 10.8 Å². The van der Waals surface area contributed by atoms with Crippen LogP contribution in [0.5, 0.6) is 0 Å². The van der Waals surface area contributed by atoms with Gasteiger partial charge in [-0.25, -0.2) is 4.98 Å². The van der Waals surface area contributed by atoms with Gasteiger partial charge in [-0.1, -0.05) is 30.3 Å². The van der Waals surface area contributed by atoms with Gasteiger partial charge in [0.1, 0.15) is 5.76 Å². The summed E-state index contributed by atoms with van der Waals surface area (Å²) in [6.45, 7) is 5.11. The second-order valence-corrected chi connectivity index (χ2v) is 8.72. The fourth-order valence-corrected chi connectivity index (χ4v) is 4.26. The molecule has 0 saturated carbocycles. The van der Waals surface area contributed by atoms with E-state index < -0.39 is 0 Å². The van der Waals surface area contributed by atoms with E-state index in [0.29, 0.717) is 23.9 Å². The number of rotatable bonds is 7. The fraction of sp³-hybridized carbons (Fsp3) is 0.391. The van der Waals surface area contributed by atoms with Gasteiger partial charge in [0, 0.05) is 26.2 Å². The van der Waals surface area contributed by atoms with Crippen molar-refractivity contribution in [1.82, 2.24) is 15.2 Å². The van der Waals surface area contributed by atoms with Crippen LogP contribution in [0.2, 0.25) is 0 Å². The topological polar surface area (TPSA) is 78.6 Å². The van der Waals surface area contributed by atoms with Gasteiger partial charge >= 0.3 is 0 Å². The number of benzene rings is 1. The van der Waals surface area contributed by atoms with Crippen LogP contribution in [0.4, 0.5) is 0 Å². The molecule has 30 heavy (non-hydrogen) atoms. The van der Waals surface area contributed by atoms with Crippen molar-refractivity contribution in [1.29, 1.82) is 0 Å². The molecule has 1 aliphatic heterocycles. The van der Waals surface area contributed by atoms with Crippen molar-refractivity contribution in [3.8, 4) is 10.8 Å². The van der Waals surface area contributed by atoms with E-state index in [1.165, 1.54) is 5.56 Å². The number of piperidine rings is 1. The summed E-state index contributed by atoms with van der Waals surface area (Å²) in [7, 11) is 0. The molecule has 1 aromatic carbocycles.